The van der Waals surface area contributed by atoms with Gasteiger partial charge in [-0.25, -0.2) is 18.5 Å². The van der Waals surface area contributed by atoms with E-state index in [1.165, 1.54) is 25.0 Å². The molecule has 0 radical (unpaired) electrons. The lowest BCUT2D eigenvalue weighted by molar-refractivity contribution is 0.0823. The minimum Gasteiger partial charge on any atom is -0.385 e. The minimum absolute atomic E-state index is 0.260. The third kappa shape index (κ3) is 3.36. The largest absolute Gasteiger partial charge is 0.385 e. The van der Waals surface area contributed by atoms with Crippen LogP contribution in [0.2, 0.25) is 0 Å². The van der Waals surface area contributed by atoms with Gasteiger partial charge in [0.05, 0.1) is 5.60 Å². The van der Waals surface area contributed by atoms with E-state index in [1.807, 2.05) is 0 Å². The summed E-state index contributed by atoms with van der Waals surface area (Å²) >= 11 is 0.759. The molecule has 0 aliphatic heterocycles. The Kier molecular flexibility index (Phi) is 4.61. The highest BCUT2D eigenvalue weighted by Crippen LogP contribution is 2.40. The van der Waals surface area contributed by atoms with Gasteiger partial charge in [0.25, 0.3) is 0 Å². The van der Waals surface area contributed by atoms with Crippen molar-refractivity contribution in [3.63, 3.8) is 0 Å². The van der Waals surface area contributed by atoms with Gasteiger partial charge in [-0.05, 0) is 74.3 Å². The van der Waals surface area contributed by atoms with Gasteiger partial charge in [0.1, 0.15) is 0 Å². The first-order valence-corrected chi connectivity index (χ1v) is 11.5. The van der Waals surface area contributed by atoms with Crippen molar-refractivity contribution in [1.82, 2.24) is 0 Å². The predicted octanol–water partition coefficient (Wildman–Crippen LogP) is 3.63. The molecule has 1 atom stereocenters. The monoisotopic (exact) mass is 423 g/mol. The van der Waals surface area contributed by atoms with Gasteiger partial charge in [-0.3, -0.25) is 0 Å². The zero-order chi connectivity index (χ0) is 20.3. The Bertz CT molecular complexity index is 1110. The Hall–Kier alpha value is -1.81. The summed E-state index contributed by atoms with van der Waals surface area (Å²) in [4.78, 5) is 12.8. The molecular weight excluding hydrogens is 401 g/mol. The number of carbonyl (C=O) groups excluding carboxylic acids is 1. The van der Waals surface area contributed by atoms with E-state index in [-0.39, 0.29) is 9.09 Å². The second-order valence-electron chi connectivity index (χ2n) is 7.78. The van der Waals surface area contributed by atoms with Crippen molar-refractivity contribution in [2.75, 3.05) is 5.32 Å². The number of rotatable bonds is 3. The first-order chi connectivity index (χ1) is 13.1. The van der Waals surface area contributed by atoms with Gasteiger partial charge in [0, 0.05) is 10.6 Å². The summed E-state index contributed by atoms with van der Waals surface area (Å²) in [5.74, 6) is -0.837. The highest BCUT2D eigenvalue weighted by Gasteiger charge is 2.28. The van der Waals surface area contributed by atoms with E-state index in [1.54, 1.807) is 0 Å². The maximum Gasteiger partial charge on any atom is 0.354 e. The highest BCUT2D eigenvalue weighted by molar-refractivity contribution is 7.93. The normalized spacial score (nSPS) is 17.3. The molecule has 9 heteroatoms. The molecular formula is C19H22FN3O3S2. The standard InChI is InChI=1S/C19H22FN3O3S2/c1-19(2,25)15-9-14(20)17(27-15)28(21,26)23-18(24)22-16-12-5-3-4-10(12)8-11-6-7-13(11)16/h8-9,25H,3-7H2,1-2H3,(H3,21,22,23,24,26). The van der Waals surface area contributed by atoms with Crippen LogP contribution < -0.4 is 10.5 Å². The molecule has 1 aromatic heterocycles. The first-order valence-electron chi connectivity index (χ1n) is 9.11. The maximum atomic E-state index is 14.3. The number of halogens is 1. The van der Waals surface area contributed by atoms with Crippen LogP contribution in [0.1, 0.15) is 47.4 Å². The molecule has 2 amide bonds. The Balaban J connectivity index is 1.66. The third-order valence-electron chi connectivity index (χ3n) is 5.22. The number of fused-ring (bicyclic) bond motifs is 2. The van der Waals surface area contributed by atoms with Crippen molar-refractivity contribution in [1.29, 1.82) is 0 Å². The van der Waals surface area contributed by atoms with Crippen LogP contribution in [0.25, 0.3) is 0 Å². The van der Waals surface area contributed by atoms with E-state index in [2.05, 4.69) is 15.7 Å². The average Bonchev–Trinajstić information content (AvgIpc) is 3.15. The molecule has 1 heterocycles. The molecule has 28 heavy (non-hydrogen) atoms. The summed E-state index contributed by atoms with van der Waals surface area (Å²) in [6, 6.07) is 2.44. The lowest BCUT2D eigenvalue weighted by Gasteiger charge is -2.25. The van der Waals surface area contributed by atoms with Crippen LogP contribution in [0.5, 0.6) is 0 Å². The van der Waals surface area contributed by atoms with E-state index in [9.17, 15) is 18.5 Å². The molecule has 150 valence electrons. The van der Waals surface area contributed by atoms with Crippen molar-refractivity contribution < 1.29 is 18.5 Å². The number of nitrogens with two attached hydrogens (primary N) is 1. The molecule has 2 aromatic rings. The fraction of sp³-hybridized carbons (Fsp3) is 0.421. The number of hydrogen-bond donors (Lipinski definition) is 3. The van der Waals surface area contributed by atoms with E-state index >= 15 is 0 Å². The number of anilines is 1. The first kappa shape index (κ1) is 19.5. The number of aryl methyl sites for hydroxylation is 2. The van der Waals surface area contributed by atoms with Crippen molar-refractivity contribution in [2.24, 2.45) is 9.50 Å². The van der Waals surface area contributed by atoms with Gasteiger partial charge in [0.2, 0.25) is 0 Å². The van der Waals surface area contributed by atoms with Crippen molar-refractivity contribution in [3.8, 4) is 0 Å². The van der Waals surface area contributed by atoms with Gasteiger partial charge in [-0.2, -0.15) is 0 Å². The van der Waals surface area contributed by atoms with Crippen LogP contribution >= 0.6 is 11.3 Å². The Morgan fingerprint density at radius 2 is 1.93 bits per heavy atom. The van der Waals surface area contributed by atoms with Gasteiger partial charge in [-0.1, -0.05) is 6.07 Å². The molecule has 4 rings (SSSR count). The van der Waals surface area contributed by atoms with Crippen molar-refractivity contribution in [2.45, 2.75) is 55.8 Å². The van der Waals surface area contributed by atoms with Crippen molar-refractivity contribution in [3.05, 3.63) is 45.1 Å². The van der Waals surface area contributed by atoms with Crippen LogP contribution in [-0.2, 0) is 41.2 Å². The van der Waals surface area contributed by atoms with Crippen molar-refractivity contribution >= 4 is 33.0 Å². The molecule has 1 aromatic carbocycles. The molecule has 0 spiro atoms. The van der Waals surface area contributed by atoms with Crippen LogP contribution in [0.3, 0.4) is 0 Å². The quantitative estimate of drug-likeness (QED) is 0.702. The summed E-state index contributed by atoms with van der Waals surface area (Å²) in [5, 5.41) is 18.5. The van der Waals surface area contributed by atoms with Crippen LogP contribution in [-0.4, -0.2) is 15.3 Å². The van der Waals surface area contributed by atoms with Crippen LogP contribution in [0.4, 0.5) is 14.9 Å². The Morgan fingerprint density at radius 3 is 2.54 bits per heavy atom. The second-order valence-corrected chi connectivity index (χ2v) is 10.8. The summed E-state index contributed by atoms with van der Waals surface area (Å²) in [6.45, 7) is 2.97. The van der Waals surface area contributed by atoms with E-state index in [0.29, 0.717) is 0 Å². The summed E-state index contributed by atoms with van der Waals surface area (Å²) < 4.78 is 30.3. The number of amides is 2. The van der Waals surface area contributed by atoms with Crippen LogP contribution in [0.15, 0.2) is 20.7 Å². The van der Waals surface area contributed by atoms with E-state index in [0.717, 1.165) is 66.3 Å². The molecule has 6 nitrogen and oxygen atoms in total. The average molecular weight is 424 g/mol. The number of urea groups is 1. The summed E-state index contributed by atoms with van der Waals surface area (Å²) in [5.41, 5.74) is 4.11. The minimum atomic E-state index is -3.77. The van der Waals surface area contributed by atoms with Crippen LogP contribution in [0, 0.1) is 5.82 Å². The highest BCUT2D eigenvalue weighted by atomic mass is 32.2. The predicted molar refractivity (Wildman–Crippen MR) is 107 cm³/mol. The number of benzene rings is 1. The Morgan fingerprint density at radius 1 is 1.25 bits per heavy atom. The van der Waals surface area contributed by atoms with E-state index < -0.39 is 27.4 Å². The number of thiophene rings is 1. The molecule has 4 N–H and O–H groups in total. The summed E-state index contributed by atoms with van der Waals surface area (Å²) in [7, 11) is -3.77. The SMILES string of the molecule is CC(C)(O)c1cc(F)c(S(N)(=O)=NC(=O)Nc2c3c(cc4c2CC4)CCC3)s1. The molecule has 2 aliphatic rings. The lowest BCUT2D eigenvalue weighted by atomic mass is 9.83. The number of carbonyl (C=O) groups is 1. The van der Waals surface area contributed by atoms with Gasteiger partial charge in [-0.15, -0.1) is 15.7 Å². The van der Waals surface area contributed by atoms with Gasteiger partial charge >= 0.3 is 6.03 Å². The molecule has 0 bridgehead atoms. The fourth-order valence-electron chi connectivity index (χ4n) is 3.74. The fourth-order valence-corrected chi connectivity index (χ4v) is 6.08. The zero-order valence-electron chi connectivity index (χ0n) is 15.7. The lowest BCUT2D eigenvalue weighted by Crippen LogP contribution is -2.21. The number of aliphatic hydroxyl groups is 1. The number of nitrogens with one attached hydrogen (secondary N) is 1. The molecule has 2 aliphatic carbocycles. The molecule has 0 saturated carbocycles. The number of nitrogens with zero attached hydrogens (tertiary/aromatic N) is 1. The zero-order valence-corrected chi connectivity index (χ0v) is 17.3. The molecule has 0 fully saturated rings. The maximum absolute atomic E-state index is 14.3. The number of hydrogen-bond acceptors (Lipinski definition) is 4. The van der Waals surface area contributed by atoms with Gasteiger partial charge in [0.15, 0.2) is 19.9 Å². The second kappa shape index (κ2) is 6.62. The van der Waals surface area contributed by atoms with E-state index in [4.69, 9.17) is 5.14 Å². The molecule has 1 unspecified atom stereocenters. The topological polar surface area (TPSA) is 105 Å². The molecule has 0 saturated heterocycles. The third-order valence-corrected chi connectivity index (χ3v) is 8.57. The smallest absolute Gasteiger partial charge is 0.354 e. The summed E-state index contributed by atoms with van der Waals surface area (Å²) in [6.07, 6.45) is 4.76. The Labute approximate surface area is 167 Å². The van der Waals surface area contributed by atoms with Gasteiger partial charge < -0.3 is 10.4 Å².